The van der Waals surface area contributed by atoms with E-state index >= 15 is 0 Å². The predicted molar refractivity (Wildman–Crippen MR) is 118 cm³/mol. The lowest BCUT2D eigenvalue weighted by atomic mass is 10.1. The van der Waals surface area contributed by atoms with Gasteiger partial charge in [0.2, 0.25) is 0 Å². The van der Waals surface area contributed by atoms with E-state index in [1.165, 1.54) is 12.0 Å². The SMILES string of the molecule is O=C(Nc1ccccc1OCC1CCCCO1)N1CCN(Cc2ccccc2)CC1. The zero-order valence-electron chi connectivity index (χ0n) is 17.5. The molecule has 160 valence electrons. The van der Waals surface area contributed by atoms with Crippen LogP contribution >= 0.6 is 0 Å². The second-order valence-corrected chi connectivity index (χ2v) is 7.97. The maximum atomic E-state index is 12.8. The van der Waals surface area contributed by atoms with Gasteiger partial charge in [0, 0.05) is 39.3 Å². The molecule has 1 atom stereocenters. The quantitative estimate of drug-likeness (QED) is 0.784. The summed E-state index contributed by atoms with van der Waals surface area (Å²) >= 11 is 0. The molecule has 0 aromatic heterocycles. The highest BCUT2D eigenvalue weighted by molar-refractivity contribution is 5.91. The van der Waals surface area contributed by atoms with Gasteiger partial charge in [0.05, 0.1) is 11.8 Å². The van der Waals surface area contributed by atoms with Crippen molar-refractivity contribution in [2.75, 3.05) is 44.7 Å². The monoisotopic (exact) mass is 409 g/mol. The van der Waals surface area contributed by atoms with E-state index in [9.17, 15) is 4.79 Å². The Labute approximate surface area is 178 Å². The first-order valence-electron chi connectivity index (χ1n) is 10.9. The lowest BCUT2D eigenvalue weighted by molar-refractivity contribution is -0.0109. The second kappa shape index (κ2) is 10.5. The normalized spacial score (nSPS) is 20.0. The average Bonchev–Trinajstić information content (AvgIpc) is 2.80. The van der Waals surface area contributed by atoms with Crippen LogP contribution in [0.1, 0.15) is 24.8 Å². The van der Waals surface area contributed by atoms with Gasteiger partial charge in [0.15, 0.2) is 0 Å². The van der Waals surface area contributed by atoms with Gasteiger partial charge in [-0.25, -0.2) is 4.79 Å². The van der Waals surface area contributed by atoms with Crippen LogP contribution in [0.5, 0.6) is 5.75 Å². The molecular weight excluding hydrogens is 378 g/mol. The van der Waals surface area contributed by atoms with E-state index < -0.39 is 0 Å². The van der Waals surface area contributed by atoms with Gasteiger partial charge >= 0.3 is 6.03 Å². The molecule has 0 saturated carbocycles. The molecule has 2 saturated heterocycles. The molecule has 1 unspecified atom stereocenters. The Balaban J connectivity index is 1.27. The lowest BCUT2D eigenvalue weighted by Gasteiger charge is -2.34. The van der Waals surface area contributed by atoms with Crippen LogP contribution in [0.4, 0.5) is 10.5 Å². The van der Waals surface area contributed by atoms with Gasteiger partial charge in [-0.15, -0.1) is 0 Å². The van der Waals surface area contributed by atoms with Crippen molar-refractivity contribution in [2.24, 2.45) is 0 Å². The molecule has 2 aromatic rings. The number of carbonyl (C=O) groups excluding carboxylic acids is 1. The summed E-state index contributed by atoms with van der Waals surface area (Å²) in [6.07, 6.45) is 3.48. The summed E-state index contributed by atoms with van der Waals surface area (Å²) in [5, 5.41) is 3.04. The van der Waals surface area contributed by atoms with Gasteiger partial charge < -0.3 is 19.7 Å². The number of piperazine rings is 1. The maximum Gasteiger partial charge on any atom is 0.322 e. The Kier molecular flexibility index (Phi) is 7.21. The summed E-state index contributed by atoms with van der Waals surface area (Å²) in [4.78, 5) is 17.1. The number of amides is 2. The van der Waals surface area contributed by atoms with Crippen molar-refractivity contribution < 1.29 is 14.3 Å². The lowest BCUT2D eigenvalue weighted by Crippen LogP contribution is -2.49. The number of nitrogens with zero attached hydrogens (tertiary/aromatic N) is 2. The average molecular weight is 410 g/mol. The van der Waals surface area contributed by atoms with Crippen molar-refractivity contribution in [2.45, 2.75) is 31.9 Å². The Bertz CT molecular complexity index is 800. The topological polar surface area (TPSA) is 54.0 Å². The Morgan fingerprint density at radius 2 is 1.77 bits per heavy atom. The molecule has 6 heteroatoms. The van der Waals surface area contributed by atoms with Crippen molar-refractivity contribution in [1.29, 1.82) is 0 Å². The minimum Gasteiger partial charge on any atom is -0.489 e. The number of hydrogen-bond donors (Lipinski definition) is 1. The zero-order valence-corrected chi connectivity index (χ0v) is 17.5. The van der Waals surface area contributed by atoms with Crippen LogP contribution in [0.2, 0.25) is 0 Å². The second-order valence-electron chi connectivity index (χ2n) is 7.97. The first-order chi connectivity index (χ1) is 14.8. The predicted octanol–water partition coefficient (Wildman–Crippen LogP) is 3.98. The molecule has 2 aliphatic rings. The van der Waals surface area contributed by atoms with Gasteiger partial charge in [-0.2, -0.15) is 0 Å². The standard InChI is InChI=1S/C24H31N3O3/c28-24(27-15-13-26(14-16-27)18-20-8-2-1-3-9-20)25-22-11-4-5-12-23(22)30-19-21-10-6-7-17-29-21/h1-5,8-9,11-12,21H,6-7,10,13-19H2,(H,25,28). The van der Waals surface area contributed by atoms with E-state index in [0.29, 0.717) is 18.0 Å². The summed E-state index contributed by atoms with van der Waals surface area (Å²) in [7, 11) is 0. The van der Waals surface area contributed by atoms with E-state index in [1.807, 2.05) is 35.2 Å². The first kappa shape index (κ1) is 20.7. The molecule has 0 radical (unpaired) electrons. The number of hydrogen-bond acceptors (Lipinski definition) is 4. The largest absolute Gasteiger partial charge is 0.489 e. The number of benzene rings is 2. The van der Waals surface area contributed by atoms with Crippen molar-refractivity contribution in [3.05, 3.63) is 60.2 Å². The smallest absolute Gasteiger partial charge is 0.322 e. The highest BCUT2D eigenvalue weighted by atomic mass is 16.5. The first-order valence-corrected chi connectivity index (χ1v) is 10.9. The van der Waals surface area contributed by atoms with Crippen LogP contribution in [0.3, 0.4) is 0 Å². The molecular formula is C24H31N3O3. The van der Waals surface area contributed by atoms with Gasteiger partial charge in [-0.1, -0.05) is 42.5 Å². The maximum absolute atomic E-state index is 12.8. The van der Waals surface area contributed by atoms with E-state index in [0.717, 1.165) is 52.2 Å². The molecule has 2 aromatic carbocycles. The summed E-state index contributed by atoms with van der Waals surface area (Å²) in [5.41, 5.74) is 2.02. The van der Waals surface area contributed by atoms with Gasteiger partial charge in [-0.05, 0) is 37.0 Å². The fourth-order valence-corrected chi connectivity index (χ4v) is 3.96. The van der Waals surface area contributed by atoms with E-state index in [1.54, 1.807) is 0 Å². The van der Waals surface area contributed by atoms with Crippen LogP contribution in [0.25, 0.3) is 0 Å². The summed E-state index contributed by atoms with van der Waals surface area (Å²) < 4.78 is 11.7. The van der Waals surface area contributed by atoms with Crippen LogP contribution in [-0.2, 0) is 11.3 Å². The molecule has 6 nitrogen and oxygen atoms in total. The third kappa shape index (κ3) is 5.74. The van der Waals surface area contributed by atoms with Crippen LogP contribution in [0, 0.1) is 0 Å². The van der Waals surface area contributed by atoms with E-state index in [4.69, 9.17) is 9.47 Å². The number of ether oxygens (including phenoxy) is 2. The highest BCUT2D eigenvalue weighted by Crippen LogP contribution is 2.25. The molecule has 2 heterocycles. The summed E-state index contributed by atoms with van der Waals surface area (Å²) in [5.74, 6) is 0.697. The molecule has 4 rings (SSSR count). The van der Waals surface area contributed by atoms with Crippen molar-refractivity contribution in [3.8, 4) is 5.75 Å². The minimum atomic E-state index is -0.0701. The van der Waals surface area contributed by atoms with Crippen molar-refractivity contribution in [1.82, 2.24) is 9.80 Å². The van der Waals surface area contributed by atoms with Crippen LogP contribution in [-0.4, -0.2) is 61.3 Å². The third-order valence-corrected chi connectivity index (χ3v) is 5.74. The Morgan fingerprint density at radius 3 is 2.53 bits per heavy atom. The number of para-hydroxylation sites is 2. The minimum absolute atomic E-state index is 0.0701. The van der Waals surface area contributed by atoms with Gasteiger partial charge in [-0.3, -0.25) is 4.90 Å². The summed E-state index contributed by atoms with van der Waals surface area (Å²) in [6.45, 7) is 5.44. The number of carbonyl (C=O) groups is 1. The highest BCUT2D eigenvalue weighted by Gasteiger charge is 2.22. The number of anilines is 1. The zero-order chi connectivity index (χ0) is 20.6. The van der Waals surface area contributed by atoms with E-state index in [2.05, 4.69) is 34.5 Å². The van der Waals surface area contributed by atoms with Crippen molar-refractivity contribution >= 4 is 11.7 Å². The fraction of sp³-hybridized carbons (Fsp3) is 0.458. The fourth-order valence-electron chi connectivity index (χ4n) is 3.96. The molecule has 0 aliphatic carbocycles. The number of nitrogens with one attached hydrogen (secondary N) is 1. The molecule has 2 fully saturated rings. The molecule has 2 amide bonds. The Hall–Kier alpha value is -2.57. The van der Waals surface area contributed by atoms with Crippen molar-refractivity contribution in [3.63, 3.8) is 0 Å². The van der Waals surface area contributed by atoms with Crippen LogP contribution < -0.4 is 10.1 Å². The number of urea groups is 1. The number of rotatable bonds is 6. The molecule has 30 heavy (non-hydrogen) atoms. The van der Waals surface area contributed by atoms with Gasteiger partial charge in [0.25, 0.3) is 0 Å². The summed E-state index contributed by atoms with van der Waals surface area (Å²) in [6, 6.07) is 18.0. The Morgan fingerprint density at radius 1 is 1.00 bits per heavy atom. The molecule has 0 bridgehead atoms. The van der Waals surface area contributed by atoms with Crippen LogP contribution in [0.15, 0.2) is 54.6 Å². The molecule has 1 N–H and O–H groups in total. The molecule has 0 spiro atoms. The van der Waals surface area contributed by atoms with Gasteiger partial charge in [0.1, 0.15) is 12.4 Å². The van der Waals surface area contributed by atoms with E-state index in [-0.39, 0.29) is 12.1 Å². The third-order valence-electron chi connectivity index (χ3n) is 5.74. The molecule has 2 aliphatic heterocycles.